The summed E-state index contributed by atoms with van der Waals surface area (Å²) in [6.07, 6.45) is 3.28. The van der Waals surface area contributed by atoms with Crippen LogP contribution in [0, 0.1) is 0 Å². The number of aromatic nitrogens is 2. The SMILES string of the molecule is CCOC(=O)c1cnc(-c2ccccc2)s1.OCc1cnc(-c2ccccc2)s1.[AlH3].[H-].[Li+]. The predicted octanol–water partition coefficient (Wildman–Crippen LogP) is 1.22. The van der Waals surface area contributed by atoms with E-state index in [0.717, 1.165) is 26.0 Å². The second kappa shape index (κ2) is 14.3. The van der Waals surface area contributed by atoms with E-state index >= 15 is 0 Å². The van der Waals surface area contributed by atoms with Crippen molar-refractivity contribution in [3.63, 3.8) is 0 Å². The second-order valence-corrected chi connectivity index (χ2v) is 7.92. The fourth-order valence-electron chi connectivity index (χ4n) is 2.38. The van der Waals surface area contributed by atoms with Crippen molar-refractivity contribution in [1.29, 1.82) is 0 Å². The molecule has 0 fully saturated rings. The van der Waals surface area contributed by atoms with Crippen molar-refractivity contribution in [2.24, 2.45) is 0 Å². The molecule has 156 valence electrons. The molecule has 0 aliphatic rings. The number of aliphatic hydroxyl groups is 1. The van der Waals surface area contributed by atoms with Gasteiger partial charge in [-0.1, -0.05) is 60.7 Å². The summed E-state index contributed by atoms with van der Waals surface area (Å²) in [5, 5.41) is 10.7. The minimum absolute atomic E-state index is 0. The molecule has 31 heavy (non-hydrogen) atoms. The normalized spacial score (nSPS) is 9.48. The van der Waals surface area contributed by atoms with E-state index in [1.165, 1.54) is 22.7 Å². The predicted molar refractivity (Wildman–Crippen MR) is 128 cm³/mol. The van der Waals surface area contributed by atoms with Gasteiger partial charge in [-0.15, -0.1) is 22.7 Å². The molecule has 0 unspecified atom stereocenters. The first-order valence-electron chi connectivity index (χ1n) is 9.00. The zero-order valence-corrected chi connectivity index (χ0v) is 18.5. The fourth-order valence-corrected chi connectivity index (χ4v) is 3.97. The third-order valence-electron chi connectivity index (χ3n) is 3.73. The van der Waals surface area contributed by atoms with E-state index in [1.54, 1.807) is 19.3 Å². The molecule has 0 radical (unpaired) electrons. The van der Waals surface area contributed by atoms with Crippen LogP contribution in [0.15, 0.2) is 73.1 Å². The summed E-state index contributed by atoms with van der Waals surface area (Å²) in [6.45, 7) is 2.25. The molecule has 0 bridgehead atoms. The minimum Gasteiger partial charge on any atom is -1.00 e. The molecule has 2 aromatic carbocycles. The van der Waals surface area contributed by atoms with Gasteiger partial charge in [0.2, 0.25) is 0 Å². The van der Waals surface area contributed by atoms with Gasteiger partial charge in [0.1, 0.15) is 14.9 Å². The van der Waals surface area contributed by atoms with Crippen LogP contribution in [0.25, 0.3) is 21.1 Å². The average Bonchev–Trinajstić information content (AvgIpc) is 3.46. The molecule has 0 saturated carbocycles. The molecule has 0 aliphatic heterocycles. The van der Waals surface area contributed by atoms with Crippen LogP contribution >= 0.6 is 22.7 Å². The van der Waals surface area contributed by atoms with Crippen LogP contribution in [-0.2, 0) is 11.3 Å². The number of carbonyl (C=O) groups excluding carboxylic acids is 1. The van der Waals surface area contributed by atoms with Gasteiger partial charge in [0.05, 0.1) is 24.3 Å². The van der Waals surface area contributed by atoms with Gasteiger partial charge in [0, 0.05) is 17.3 Å². The topological polar surface area (TPSA) is 72.3 Å². The molecule has 1 N–H and O–H groups in total. The van der Waals surface area contributed by atoms with Gasteiger partial charge in [-0.2, -0.15) is 0 Å². The summed E-state index contributed by atoms with van der Waals surface area (Å²) in [7, 11) is 0. The summed E-state index contributed by atoms with van der Waals surface area (Å²) < 4.78 is 4.91. The number of nitrogens with zero attached hydrogens (tertiary/aromatic N) is 2. The minimum atomic E-state index is -0.304. The van der Waals surface area contributed by atoms with Gasteiger partial charge in [-0.05, 0) is 6.92 Å². The van der Waals surface area contributed by atoms with E-state index < -0.39 is 0 Å². The number of hydrogen-bond acceptors (Lipinski definition) is 7. The van der Waals surface area contributed by atoms with Gasteiger partial charge in [-0.25, -0.2) is 14.8 Å². The summed E-state index contributed by atoms with van der Waals surface area (Å²) in [6, 6.07) is 19.7. The monoisotopic (exact) mass is 462 g/mol. The zero-order chi connectivity index (χ0) is 20.5. The van der Waals surface area contributed by atoms with E-state index in [9.17, 15) is 4.79 Å². The largest absolute Gasteiger partial charge is 1.00 e. The Kier molecular flexibility index (Phi) is 12.6. The molecule has 0 aliphatic carbocycles. The quantitative estimate of drug-likeness (QED) is 0.357. The van der Waals surface area contributed by atoms with Crippen molar-refractivity contribution in [3.8, 4) is 21.1 Å². The smallest absolute Gasteiger partial charge is 1.00 e. The molecule has 2 aromatic heterocycles. The molecule has 0 saturated heterocycles. The van der Waals surface area contributed by atoms with Crippen LogP contribution in [0.3, 0.4) is 0 Å². The number of rotatable bonds is 5. The maximum absolute atomic E-state index is 11.4. The molecular formula is C22H24AlLiN2O3S2. The number of esters is 1. The zero-order valence-electron chi connectivity index (χ0n) is 17.8. The molecule has 4 rings (SSSR count). The van der Waals surface area contributed by atoms with Crippen molar-refractivity contribution in [2.75, 3.05) is 6.61 Å². The van der Waals surface area contributed by atoms with Gasteiger partial charge in [0.15, 0.2) is 17.4 Å². The molecule has 5 nitrogen and oxygen atoms in total. The van der Waals surface area contributed by atoms with Crippen LogP contribution in [0.5, 0.6) is 0 Å². The summed E-state index contributed by atoms with van der Waals surface area (Å²) >= 11 is 2.87. The van der Waals surface area contributed by atoms with Gasteiger partial charge >= 0.3 is 24.8 Å². The molecular weight excluding hydrogens is 438 g/mol. The molecule has 2 heterocycles. The first kappa shape index (κ1) is 27.3. The number of aliphatic hydroxyl groups excluding tert-OH is 1. The Labute approximate surface area is 214 Å². The Morgan fingerprint density at radius 1 is 0.935 bits per heavy atom. The Balaban J connectivity index is 0.000000558. The standard InChI is InChI=1S/C12H11NO2S.C10H9NOS.Al.Li.4H/c1-2-15-12(14)10-8-13-11(16-10)9-6-4-3-5-7-9;12-7-9-6-11-10(13-9)8-4-2-1-3-5-8;;;;;;/h3-8H,2H2,1H3;1-6,12H,7H2;;;;;;/q;;;+1;;;;-1. The van der Waals surface area contributed by atoms with Crippen LogP contribution in [0.2, 0.25) is 0 Å². The Morgan fingerprint density at radius 3 is 1.94 bits per heavy atom. The Morgan fingerprint density at radius 2 is 1.45 bits per heavy atom. The first-order valence-corrected chi connectivity index (χ1v) is 10.6. The fraction of sp³-hybridized carbons (Fsp3) is 0.136. The first-order chi connectivity index (χ1) is 14.2. The second-order valence-electron chi connectivity index (χ2n) is 5.77. The third kappa shape index (κ3) is 8.03. The number of thiazole rings is 2. The summed E-state index contributed by atoms with van der Waals surface area (Å²) in [4.78, 5) is 21.3. The van der Waals surface area contributed by atoms with E-state index in [0.29, 0.717) is 11.5 Å². The average molecular weight is 463 g/mol. The van der Waals surface area contributed by atoms with E-state index in [-0.39, 0.29) is 50.2 Å². The van der Waals surface area contributed by atoms with E-state index in [2.05, 4.69) is 9.97 Å². The summed E-state index contributed by atoms with van der Waals surface area (Å²) in [5.74, 6) is -0.304. The van der Waals surface area contributed by atoms with Crippen molar-refractivity contribution in [2.45, 2.75) is 13.5 Å². The molecule has 0 amide bonds. The van der Waals surface area contributed by atoms with Crippen LogP contribution in [0.1, 0.15) is 22.9 Å². The molecule has 4 aromatic rings. The van der Waals surface area contributed by atoms with Crippen molar-refractivity contribution in [3.05, 3.63) is 82.8 Å². The summed E-state index contributed by atoms with van der Waals surface area (Å²) in [5.41, 5.74) is 2.12. The van der Waals surface area contributed by atoms with Gasteiger partial charge in [0.25, 0.3) is 0 Å². The number of ether oxygens (including phenoxy) is 1. The maximum Gasteiger partial charge on any atom is 1.00 e. The Hall–Kier alpha value is -1.74. The molecule has 0 spiro atoms. The number of carbonyl (C=O) groups is 1. The molecule has 0 atom stereocenters. The van der Waals surface area contributed by atoms with E-state index in [1.807, 2.05) is 60.7 Å². The van der Waals surface area contributed by atoms with Crippen LogP contribution in [0.4, 0.5) is 0 Å². The number of hydrogen-bond donors (Lipinski definition) is 1. The van der Waals surface area contributed by atoms with Crippen molar-refractivity contribution < 1.29 is 34.9 Å². The van der Waals surface area contributed by atoms with Crippen LogP contribution in [-0.4, -0.2) is 45.0 Å². The van der Waals surface area contributed by atoms with Crippen molar-refractivity contribution >= 4 is 46.0 Å². The van der Waals surface area contributed by atoms with Crippen molar-refractivity contribution in [1.82, 2.24) is 9.97 Å². The van der Waals surface area contributed by atoms with Gasteiger partial charge < -0.3 is 11.3 Å². The maximum atomic E-state index is 11.4. The molecule has 9 heteroatoms. The van der Waals surface area contributed by atoms with Gasteiger partial charge in [-0.3, -0.25) is 0 Å². The van der Waals surface area contributed by atoms with E-state index in [4.69, 9.17) is 9.84 Å². The Bertz CT molecular complexity index is 1050. The third-order valence-corrected chi connectivity index (χ3v) is 5.79. The van der Waals surface area contributed by atoms with Crippen LogP contribution < -0.4 is 18.9 Å². The number of benzene rings is 2.